The largest absolute Gasteiger partial charge is 0.465 e. The van der Waals surface area contributed by atoms with Crippen molar-refractivity contribution in [1.29, 1.82) is 0 Å². The highest BCUT2D eigenvalue weighted by Crippen LogP contribution is 2.19. The number of aromatic amines is 1. The maximum atomic E-state index is 12.9. The van der Waals surface area contributed by atoms with Crippen LogP contribution >= 0.6 is 0 Å². The van der Waals surface area contributed by atoms with Crippen LogP contribution in [0.1, 0.15) is 42.3 Å². The van der Waals surface area contributed by atoms with Gasteiger partial charge in [0, 0.05) is 30.8 Å². The Bertz CT molecular complexity index is 1180. The first-order chi connectivity index (χ1) is 15.9. The number of hydrogen-bond acceptors (Lipinski definition) is 8. The zero-order valence-electron chi connectivity index (χ0n) is 19.3. The number of fused-ring (bicyclic) bond motifs is 1. The van der Waals surface area contributed by atoms with Gasteiger partial charge in [0.1, 0.15) is 6.54 Å². The highest BCUT2D eigenvalue weighted by atomic mass is 16.5. The molecule has 1 aliphatic rings. The van der Waals surface area contributed by atoms with Crippen molar-refractivity contribution in [3.8, 4) is 0 Å². The maximum absolute atomic E-state index is 12.9. The number of nitrogens with one attached hydrogen (secondary N) is 1. The van der Waals surface area contributed by atoms with Crippen molar-refractivity contribution >= 4 is 16.9 Å². The van der Waals surface area contributed by atoms with Crippen LogP contribution in [0.4, 0.5) is 0 Å². The monoisotopic (exact) mass is 454 g/mol. The number of hydrogen-bond donors (Lipinski definition) is 1. The summed E-state index contributed by atoms with van der Waals surface area (Å²) >= 11 is 0. The van der Waals surface area contributed by atoms with Crippen LogP contribution in [0, 0.1) is 13.8 Å². The van der Waals surface area contributed by atoms with Crippen molar-refractivity contribution in [3.05, 3.63) is 51.1 Å². The summed E-state index contributed by atoms with van der Waals surface area (Å²) in [5, 5.41) is 12.8. The number of tetrazole rings is 1. The summed E-state index contributed by atoms with van der Waals surface area (Å²) in [6.07, 6.45) is 2.08. The third-order valence-corrected chi connectivity index (χ3v) is 5.97. The first-order valence-corrected chi connectivity index (χ1v) is 11.3. The molecule has 1 aliphatic heterocycles. The third kappa shape index (κ3) is 5.63. The molecule has 1 N–H and O–H groups in total. The molecule has 2 aromatic heterocycles. The fourth-order valence-corrected chi connectivity index (χ4v) is 4.13. The zero-order valence-corrected chi connectivity index (χ0v) is 19.3. The highest BCUT2D eigenvalue weighted by molar-refractivity contribution is 5.80. The van der Waals surface area contributed by atoms with E-state index >= 15 is 0 Å². The molecule has 0 amide bonds. The number of nitrogens with zero attached hydrogens (tertiary/aromatic N) is 5. The lowest BCUT2D eigenvalue weighted by Crippen LogP contribution is -2.34. The van der Waals surface area contributed by atoms with Gasteiger partial charge in [-0.2, -0.15) is 0 Å². The first-order valence-electron chi connectivity index (χ1n) is 11.3. The number of H-pyrrole nitrogens is 1. The molecule has 0 aliphatic carbocycles. The Morgan fingerprint density at radius 1 is 1.27 bits per heavy atom. The highest BCUT2D eigenvalue weighted by Gasteiger charge is 2.23. The van der Waals surface area contributed by atoms with Crippen molar-refractivity contribution in [1.82, 2.24) is 30.1 Å². The fourth-order valence-electron chi connectivity index (χ4n) is 4.13. The van der Waals surface area contributed by atoms with E-state index in [1.165, 1.54) is 10.2 Å². The van der Waals surface area contributed by atoms with Gasteiger partial charge in [0.25, 0.3) is 5.56 Å². The molecule has 33 heavy (non-hydrogen) atoms. The normalized spacial score (nSPS) is 16.1. The Kier molecular flexibility index (Phi) is 7.14. The van der Waals surface area contributed by atoms with Crippen LogP contribution in [0.5, 0.6) is 0 Å². The van der Waals surface area contributed by atoms with Gasteiger partial charge >= 0.3 is 5.97 Å². The predicted molar refractivity (Wildman–Crippen MR) is 122 cm³/mol. The number of ether oxygens (including phenoxy) is 2. The molecule has 176 valence electrons. The Hall–Kier alpha value is -3.11. The lowest BCUT2D eigenvalue weighted by atomic mass is 10.0. The number of carbonyl (C=O) groups excluding carboxylic acids is 1. The van der Waals surface area contributed by atoms with Crippen LogP contribution in [0.25, 0.3) is 10.9 Å². The van der Waals surface area contributed by atoms with Crippen LogP contribution in [-0.4, -0.2) is 61.9 Å². The summed E-state index contributed by atoms with van der Waals surface area (Å²) in [7, 11) is 0. The number of aromatic nitrogens is 5. The molecule has 10 nitrogen and oxygen atoms in total. The fraction of sp³-hybridized carbons (Fsp3) is 0.522. The van der Waals surface area contributed by atoms with E-state index in [1.54, 1.807) is 6.92 Å². The summed E-state index contributed by atoms with van der Waals surface area (Å²) in [5.74, 6) is 0.137. The van der Waals surface area contributed by atoms with Crippen molar-refractivity contribution in [2.45, 2.75) is 59.4 Å². The molecular formula is C23H30N6O4. The van der Waals surface area contributed by atoms with Gasteiger partial charge in [-0.05, 0) is 78.8 Å². The molecule has 1 unspecified atom stereocenters. The number of benzene rings is 1. The lowest BCUT2D eigenvalue weighted by Gasteiger charge is -2.24. The summed E-state index contributed by atoms with van der Waals surface area (Å²) < 4.78 is 12.3. The van der Waals surface area contributed by atoms with Crippen LogP contribution in [-0.2, 0) is 33.9 Å². The smallest absolute Gasteiger partial charge is 0.327 e. The first kappa shape index (κ1) is 23.1. The predicted octanol–water partition coefficient (Wildman–Crippen LogP) is 1.88. The molecule has 1 aromatic carbocycles. The summed E-state index contributed by atoms with van der Waals surface area (Å²) in [6.45, 7) is 8.25. The second-order valence-electron chi connectivity index (χ2n) is 8.51. The van der Waals surface area contributed by atoms with Gasteiger partial charge in [0.15, 0.2) is 5.82 Å². The van der Waals surface area contributed by atoms with Crippen molar-refractivity contribution in [2.24, 2.45) is 0 Å². The molecule has 0 radical (unpaired) electrons. The average Bonchev–Trinajstić information content (AvgIpc) is 3.43. The molecule has 3 aromatic rings. The van der Waals surface area contributed by atoms with Crippen LogP contribution in [0.15, 0.2) is 23.0 Å². The van der Waals surface area contributed by atoms with E-state index < -0.39 is 5.97 Å². The Labute approximate surface area is 191 Å². The van der Waals surface area contributed by atoms with E-state index in [-0.39, 0.29) is 18.2 Å². The second kappa shape index (κ2) is 10.2. The topological polar surface area (TPSA) is 115 Å². The minimum absolute atomic E-state index is 0.0564. The quantitative estimate of drug-likeness (QED) is 0.487. The van der Waals surface area contributed by atoms with E-state index in [0.29, 0.717) is 37.6 Å². The molecule has 0 bridgehead atoms. The molecular weight excluding hydrogens is 424 g/mol. The molecule has 1 fully saturated rings. The van der Waals surface area contributed by atoms with Gasteiger partial charge in [0.05, 0.1) is 19.3 Å². The van der Waals surface area contributed by atoms with Crippen LogP contribution in [0.3, 0.4) is 0 Å². The summed E-state index contributed by atoms with van der Waals surface area (Å²) in [6, 6.07) is 6.04. The number of aryl methyl sites for hydroxylation is 2. The SMILES string of the molecule is CCOC(=O)Cn1nnnc1CN(Cc1cc2cc(C)c(C)cc2[nH]c1=O)CC1CCCO1. The van der Waals surface area contributed by atoms with Gasteiger partial charge in [-0.3, -0.25) is 14.5 Å². The van der Waals surface area contributed by atoms with Crippen LogP contribution < -0.4 is 5.56 Å². The molecule has 0 saturated carbocycles. The van der Waals surface area contributed by atoms with Gasteiger partial charge in [-0.15, -0.1) is 5.10 Å². The van der Waals surface area contributed by atoms with Crippen molar-refractivity contribution in [3.63, 3.8) is 0 Å². The standard InChI is InChI=1S/C23H30N6O4/c1-4-32-22(30)14-29-21(25-26-27-29)13-28(12-19-6-5-7-33-19)11-18-10-17-8-15(2)16(3)9-20(17)24-23(18)31/h8-10,19H,4-7,11-14H2,1-3H3,(H,24,31). The number of carbonyl (C=O) groups is 1. The zero-order chi connectivity index (χ0) is 23.4. The van der Waals surface area contributed by atoms with Gasteiger partial charge in [-0.25, -0.2) is 4.68 Å². The molecule has 1 saturated heterocycles. The third-order valence-electron chi connectivity index (χ3n) is 5.97. The second-order valence-corrected chi connectivity index (χ2v) is 8.51. The molecule has 3 heterocycles. The van der Waals surface area contributed by atoms with Gasteiger partial charge in [-0.1, -0.05) is 0 Å². The van der Waals surface area contributed by atoms with Gasteiger partial charge in [0.2, 0.25) is 0 Å². The Morgan fingerprint density at radius 2 is 2.09 bits per heavy atom. The Morgan fingerprint density at radius 3 is 2.85 bits per heavy atom. The van der Waals surface area contributed by atoms with Gasteiger partial charge < -0.3 is 14.5 Å². The van der Waals surface area contributed by atoms with Crippen LogP contribution in [0.2, 0.25) is 0 Å². The van der Waals surface area contributed by atoms with E-state index in [4.69, 9.17) is 9.47 Å². The lowest BCUT2D eigenvalue weighted by molar-refractivity contribution is -0.144. The molecule has 1 atom stereocenters. The molecule has 4 rings (SSSR count). The maximum Gasteiger partial charge on any atom is 0.327 e. The average molecular weight is 455 g/mol. The molecule has 0 spiro atoms. The van der Waals surface area contributed by atoms with E-state index in [9.17, 15) is 9.59 Å². The number of pyridine rings is 1. The Balaban J connectivity index is 1.59. The van der Waals surface area contributed by atoms with E-state index in [1.807, 2.05) is 19.1 Å². The van der Waals surface area contributed by atoms with E-state index in [0.717, 1.165) is 35.9 Å². The minimum atomic E-state index is -0.395. The van der Waals surface area contributed by atoms with Crippen molar-refractivity contribution in [2.75, 3.05) is 19.8 Å². The number of rotatable bonds is 9. The minimum Gasteiger partial charge on any atom is -0.465 e. The number of esters is 1. The summed E-state index contributed by atoms with van der Waals surface area (Å²) in [5.41, 5.74) is 3.69. The molecule has 10 heteroatoms. The summed E-state index contributed by atoms with van der Waals surface area (Å²) in [4.78, 5) is 29.9. The van der Waals surface area contributed by atoms with E-state index in [2.05, 4.69) is 38.4 Å². The van der Waals surface area contributed by atoms with Crippen molar-refractivity contribution < 1.29 is 14.3 Å².